The lowest BCUT2D eigenvalue weighted by molar-refractivity contribution is -0.947. The summed E-state index contributed by atoms with van der Waals surface area (Å²) < 4.78 is 6.97. The Balaban J connectivity index is 1.41. The van der Waals surface area contributed by atoms with Crippen LogP contribution in [0.1, 0.15) is 129 Å². The molecule has 0 bridgehead atoms. The molecule has 2 saturated heterocycles. The minimum absolute atomic E-state index is 0.0497. The SMILES string of the molecule is CCCCCCCCCCCCCCCC(=O)OC[C@@H]1CCC[N@+]2(C)CCCC[C@H]12. The van der Waals surface area contributed by atoms with Gasteiger partial charge in [-0.3, -0.25) is 4.79 Å². The molecule has 0 N–H and O–H groups in total. The predicted molar refractivity (Wildman–Crippen MR) is 128 cm³/mol. The van der Waals surface area contributed by atoms with Crippen molar-refractivity contribution in [2.75, 3.05) is 26.7 Å². The van der Waals surface area contributed by atoms with Crippen LogP contribution in [0.25, 0.3) is 0 Å². The summed E-state index contributed by atoms with van der Waals surface area (Å²) in [5.74, 6) is 0.647. The van der Waals surface area contributed by atoms with E-state index in [2.05, 4.69) is 14.0 Å². The number of piperidine rings is 2. The Hall–Kier alpha value is -0.570. The molecule has 0 unspecified atom stereocenters. The minimum atomic E-state index is 0.0497. The highest BCUT2D eigenvalue weighted by Gasteiger charge is 2.43. The Labute approximate surface area is 187 Å². The van der Waals surface area contributed by atoms with Crippen LogP contribution in [0.2, 0.25) is 0 Å². The topological polar surface area (TPSA) is 26.3 Å². The molecule has 0 aliphatic carbocycles. The summed E-state index contributed by atoms with van der Waals surface area (Å²) in [6.07, 6.45) is 24.7. The number of carbonyl (C=O) groups excluding carboxylic acids is 1. The van der Waals surface area contributed by atoms with Crippen molar-refractivity contribution >= 4 is 5.97 Å². The van der Waals surface area contributed by atoms with Gasteiger partial charge in [-0.05, 0) is 32.1 Å². The van der Waals surface area contributed by atoms with Crippen LogP contribution >= 0.6 is 0 Å². The first kappa shape index (κ1) is 25.7. The molecular weight excluding hydrogens is 370 g/mol. The van der Waals surface area contributed by atoms with Gasteiger partial charge in [-0.25, -0.2) is 0 Å². The predicted octanol–water partition coefficient (Wildman–Crippen LogP) is 7.42. The maximum absolute atomic E-state index is 12.2. The molecule has 2 fully saturated rings. The minimum Gasteiger partial charge on any atom is -0.465 e. The number of unbranched alkanes of at least 4 members (excludes halogenated alkanes) is 12. The van der Waals surface area contributed by atoms with E-state index in [9.17, 15) is 4.79 Å². The van der Waals surface area contributed by atoms with Gasteiger partial charge in [-0.15, -0.1) is 0 Å². The molecule has 0 aromatic rings. The molecule has 0 radical (unpaired) electrons. The Morgan fingerprint density at radius 3 is 1.97 bits per heavy atom. The van der Waals surface area contributed by atoms with Crippen molar-refractivity contribution in [3.05, 3.63) is 0 Å². The van der Waals surface area contributed by atoms with Crippen LogP contribution in [0.3, 0.4) is 0 Å². The lowest BCUT2D eigenvalue weighted by atomic mass is 9.82. The third-order valence-electron chi connectivity index (χ3n) is 7.95. The largest absolute Gasteiger partial charge is 0.465 e. The van der Waals surface area contributed by atoms with Crippen LogP contribution in [0, 0.1) is 5.92 Å². The molecule has 3 heteroatoms. The van der Waals surface area contributed by atoms with Crippen molar-refractivity contribution in [3.63, 3.8) is 0 Å². The molecule has 3 atom stereocenters. The summed E-state index contributed by atoms with van der Waals surface area (Å²) in [7, 11) is 2.44. The summed E-state index contributed by atoms with van der Waals surface area (Å²) in [6, 6.07) is 0.733. The fourth-order valence-electron chi connectivity index (χ4n) is 5.99. The van der Waals surface area contributed by atoms with Gasteiger partial charge < -0.3 is 9.22 Å². The number of ether oxygens (including phenoxy) is 1. The smallest absolute Gasteiger partial charge is 0.305 e. The average molecular weight is 423 g/mol. The monoisotopic (exact) mass is 422 g/mol. The number of esters is 1. The van der Waals surface area contributed by atoms with Crippen molar-refractivity contribution in [1.29, 1.82) is 0 Å². The van der Waals surface area contributed by atoms with Crippen molar-refractivity contribution in [2.45, 2.75) is 135 Å². The van der Waals surface area contributed by atoms with Crippen molar-refractivity contribution in [3.8, 4) is 0 Å². The molecule has 0 amide bonds. The Kier molecular flexibility index (Phi) is 13.1. The van der Waals surface area contributed by atoms with Crippen molar-refractivity contribution < 1.29 is 14.0 Å². The van der Waals surface area contributed by atoms with Crippen LogP contribution in [0.5, 0.6) is 0 Å². The van der Waals surface area contributed by atoms with Crippen LogP contribution in [-0.2, 0) is 9.53 Å². The van der Waals surface area contributed by atoms with Gasteiger partial charge in [0.1, 0.15) is 0 Å². The molecule has 2 aliphatic heterocycles. The second-order valence-electron chi connectivity index (χ2n) is 10.6. The van der Waals surface area contributed by atoms with Gasteiger partial charge in [-0.1, -0.05) is 84.0 Å². The van der Waals surface area contributed by atoms with Crippen LogP contribution in [-0.4, -0.2) is 43.2 Å². The Bertz CT molecular complexity index is 448. The van der Waals surface area contributed by atoms with E-state index < -0.39 is 0 Å². The third kappa shape index (κ3) is 9.71. The van der Waals surface area contributed by atoms with Gasteiger partial charge in [-0.2, -0.15) is 0 Å². The maximum atomic E-state index is 12.2. The van der Waals surface area contributed by atoms with Gasteiger partial charge in [0.2, 0.25) is 0 Å². The summed E-state index contributed by atoms with van der Waals surface area (Å²) in [5, 5.41) is 0. The fraction of sp³-hybridized carbons (Fsp3) is 0.963. The zero-order valence-corrected chi connectivity index (χ0v) is 20.5. The summed E-state index contributed by atoms with van der Waals surface area (Å²) >= 11 is 0. The van der Waals surface area contributed by atoms with E-state index in [1.165, 1.54) is 127 Å². The third-order valence-corrected chi connectivity index (χ3v) is 7.95. The van der Waals surface area contributed by atoms with E-state index in [0.717, 1.165) is 12.5 Å². The lowest BCUT2D eigenvalue weighted by Gasteiger charge is -2.51. The molecule has 0 saturated carbocycles. The van der Waals surface area contributed by atoms with Gasteiger partial charge in [0.05, 0.1) is 32.8 Å². The van der Waals surface area contributed by atoms with Crippen molar-refractivity contribution in [2.24, 2.45) is 5.92 Å². The molecule has 0 spiro atoms. The number of carbonyl (C=O) groups is 1. The van der Waals surface area contributed by atoms with Crippen LogP contribution in [0.4, 0.5) is 0 Å². The number of hydrogen-bond donors (Lipinski definition) is 0. The average Bonchev–Trinajstić information content (AvgIpc) is 2.75. The Morgan fingerprint density at radius 2 is 1.33 bits per heavy atom. The van der Waals surface area contributed by atoms with E-state index in [1.54, 1.807) is 0 Å². The second kappa shape index (κ2) is 15.3. The quantitative estimate of drug-likeness (QED) is 0.147. The van der Waals surface area contributed by atoms with Gasteiger partial charge in [0.25, 0.3) is 0 Å². The molecule has 30 heavy (non-hydrogen) atoms. The van der Waals surface area contributed by atoms with E-state index in [1.807, 2.05) is 0 Å². The first-order chi connectivity index (χ1) is 14.7. The zero-order valence-electron chi connectivity index (χ0n) is 20.5. The summed E-state index contributed by atoms with van der Waals surface area (Å²) in [4.78, 5) is 12.2. The molecular formula is C27H52NO2+. The number of nitrogens with zero attached hydrogens (tertiary/aromatic N) is 1. The van der Waals surface area contributed by atoms with Crippen molar-refractivity contribution in [1.82, 2.24) is 0 Å². The molecule has 2 heterocycles. The highest BCUT2D eigenvalue weighted by molar-refractivity contribution is 5.69. The van der Waals surface area contributed by atoms with E-state index in [4.69, 9.17) is 4.74 Å². The molecule has 2 aliphatic rings. The summed E-state index contributed by atoms with van der Waals surface area (Å²) in [6.45, 7) is 5.61. The molecule has 176 valence electrons. The van der Waals surface area contributed by atoms with Gasteiger partial charge in [0, 0.05) is 18.8 Å². The van der Waals surface area contributed by atoms with Crippen LogP contribution in [0.15, 0.2) is 0 Å². The van der Waals surface area contributed by atoms with Gasteiger partial charge in [0.15, 0.2) is 0 Å². The highest BCUT2D eigenvalue weighted by Crippen LogP contribution is 2.36. The van der Waals surface area contributed by atoms with E-state index in [0.29, 0.717) is 18.9 Å². The maximum Gasteiger partial charge on any atom is 0.305 e. The standard InChI is InChI=1S/C27H52NO2/c1-3-4-5-6-7-8-9-10-11-12-13-14-15-21-27(29)30-24-25-19-18-23-28(2)22-17-16-20-26(25)28/h25-26H,3-24H2,1-2H3/q+1/t25-,26+,28-/m0/s1. The number of rotatable bonds is 16. The summed E-state index contributed by atoms with van der Waals surface area (Å²) in [5.41, 5.74) is 0. The van der Waals surface area contributed by atoms with E-state index in [-0.39, 0.29) is 5.97 Å². The molecule has 2 rings (SSSR count). The molecule has 3 nitrogen and oxygen atoms in total. The highest BCUT2D eigenvalue weighted by atomic mass is 16.5. The Morgan fingerprint density at radius 1 is 0.767 bits per heavy atom. The molecule has 0 aromatic heterocycles. The van der Waals surface area contributed by atoms with E-state index >= 15 is 0 Å². The fourth-order valence-corrected chi connectivity index (χ4v) is 5.99. The van der Waals surface area contributed by atoms with Crippen LogP contribution < -0.4 is 0 Å². The molecule has 0 aromatic carbocycles. The number of quaternary nitrogens is 1. The zero-order chi connectivity index (χ0) is 21.5. The lowest BCUT2D eigenvalue weighted by Crippen LogP contribution is -2.61. The first-order valence-corrected chi connectivity index (χ1v) is 13.7. The second-order valence-corrected chi connectivity index (χ2v) is 10.6. The number of fused-ring (bicyclic) bond motifs is 1. The first-order valence-electron chi connectivity index (χ1n) is 13.7. The normalized spacial score (nSPS) is 26.3. The number of hydrogen-bond acceptors (Lipinski definition) is 2. The van der Waals surface area contributed by atoms with Gasteiger partial charge >= 0.3 is 5.97 Å².